The van der Waals surface area contributed by atoms with Gasteiger partial charge < -0.3 is 15.2 Å². The van der Waals surface area contributed by atoms with E-state index < -0.39 is 11.9 Å². The van der Waals surface area contributed by atoms with Gasteiger partial charge in [-0.3, -0.25) is 9.78 Å². The van der Waals surface area contributed by atoms with Crippen LogP contribution in [0.15, 0.2) is 42.6 Å². The Morgan fingerprint density at radius 3 is 2.71 bits per heavy atom. The van der Waals surface area contributed by atoms with Gasteiger partial charge in [-0.25, -0.2) is 4.79 Å². The molecule has 0 radical (unpaired) electrons. The molecule has 108 valence electrons. The van der Waals surface area contributed by atoms with Crippen molar-refractivity contribution in [1.29, 1.82) is 0 Å². The molecule has 0 atom stereocenters. The molecule has 21 heavy (non-hydrogen) atoms. The normalized spacial score (nSPS) is 9.95. The summed E-state index contributed by atoms with van der Waals surface area (Å²) in [5.74, 6) is -1.28. The fourth-order valence-electron chi connectivity index (χ4n) is 1.79. The molecular formula is C15H14N2O4. The number of carbonyl (C=O) groups excluding carboxylic acids is 1. The van der Waals surface area contributed by atoms with Crippen LogP contribution in [-0.4, -0.2) is 28.6 Å². The second-order valence-corrected chi connectivity index (χ2v) is 4.09. The topological polar surface area (TPSA) is 88.5 Å². The molecule has 1 amide bonds. The number of para-hydroxylation sites is 2. The van der Waals surface area contributed by atoms with Crippen molar-refractivity contribution in [2.24, 2.45) is 0 Å². The van der Waals surface area contributed by atoms with E-state index >= 15 is 0 Å². The van der Waals surface area contributed by atoms with Gasteiger partial charge in [-0.05, 0) is 31.2 Å². The third-order valence-corrected chi connectivity index (χ3v) is 2.69. The number of rotatable bonds is 5. The van der Waals surface area contributed by atoms with Crippen LogP contribution in [0.4, 0.5) is 5.69 Å². The molecule has 2 N–H and O–H groups in total. The summed E-state index contributed by atoms with van der Waals surface area (Å²) in [6.45, 7) is 2.29. The van der Waals surface area contributed by atoms with Gasteiger partial charge in [0.15, 0.2) is 0 Å². The minimum atomic E-state index is -1.20. The number of pyridine rings is 1. The van der Waals surface area contributed by atoms with E-state index in [1.54, 1.807) is 24.3 Å². The molecule has 0 fully saturated rings. The number of nitrogens with zero attached hydrogens (tertiary/aromatic N) is 1. The summed E-state index contributed by atoms with van der Waals surface area (Å²) in [6, 6.07) is 9.72. The molecule has 0 spiro atoms. The summed E-state index contributed by atoms with van der Waals surface area (Å²) in [5, 5.41) is 11.7. The van der Waals surface area contributed by atoms with Crippen molar-refractivity contribution in [2.45, 2.75) is 6.92 Å². The Balaban J connectivity index is 2.29. The molecule has 1 heterocycles. The first-order chi connectivity index (χ1) is 10.1. The summed E-state index contributed by atoms with van der Waals surface area (Å²) in [6.07, 6.45) is 1.37. The largest absolute Gasteiger partial charge is 0.492 e. The smallest absolute Gasteiger partial charge is 0.338 e. The van der Waals surface area contributed by atoms with Crippen molar-refractivity contribution in [3.05, 3.63) is 53.9 Å². The van der Waals surface area contributed by atoms with Gasteiger partial charge in [0.05, 0.1) is 17.9 Å². The predicted molar refractivity (Wildman–Crippen MR) is 76.8 cm³/mol. The van der Waals surface area contributed by atoms with Gasteiger partial charge in [0.25, 0.3) is 5.91 Å². The van der Waals surface area contributed by atoms with Gasteiger partial charge in [-0.2, -0.15) is 0 Å². The molecule has 1 aromatic heterocycles. The van der Waals surface area contributed by atoms with Crippen molar-refractivity contribution in [3.8, 4) is 5.75 Å². The van der Waals surface area contributed by atoms with Crippen molar-refractivity contribution >= 4 is 17.6 Å². The molecule has 6 nitrogen and oxygen atoms in total. The minimum absolute atomic E-state index is 0.142. The summed E-state index contributed by atoms with van der Waals surface area (Å²) in [5.41, 5.74) is 0.173. The standard InChI is InChI=1S/C15H14N2O4/c1-2-21-12-8-4-3-7-11(12)17-14(18)13-10(15(19)20)6-5-9-16-13/h3-9H,2H2,1H3,(H,17,18)(H,19,20). The first-order valence-corrected chi connectivity index (χ1v) is 6.35. The second kappa shape index (κ2) is 6.51. The average molecular weight is 286 g/mol. The second-order valence-electron chi connectivity index (χ2n) is 4.09. The van der Waals surface area contributed by atoms with Crippen LogP contribution in [0.1, 0.15) is 27.8 Å². The number of carbonyl (C=O) groups is 2. The fourth-order valence-corrected chi connectivity index (χ4v) is 1.79. The van der Waals surface area contributed by atoms with Gasteiger partial charge in [-0.15, -0.1) is 0 Å². The lowest BCUT2D eigenvalue weighted by Gasteiger charge is -2.11. The molecule has 0 aliphatic heterocycles. The molecule has 2 aromatic rings. The van der Waals surface area contributed by atoms with E-state index in [1.165, 1.54) is 18.3 Å². The van der Waals surface area contributed by atoms with Crippen molar-refractivity contribution in [1.82, 2.24) is 4.98 Å². The van der Waals surface area contributed by atoms with Crippen LogP contribution in [0.5, 0.6) is 5.75 Å². The van der Waals surface area contributed by atoms with Gasteiger partial charge in [0, 0.05) is 6.20 Å². The van der Waals surface area contributed by atoms with Crippen LogP contribution in [0, 0.1) is 0 Å². The summed E-state index contributed by atoms with van der Waals surface area (Å²) < 4.78 is 5.40. The Morgan fingerprint density at radius 2 is 2.00 bits per heavy atom. The van der Waals surface area contributed by atoms with Crippen molar-refractivity contribution in [2.75, 3.05) is 11.9 Å². The predicted octanol–water partition coefficient (Wildman–Crippen LogP) is 2.43. The number of carboxylic acids is 1. The highest BCUT2D eigenvalue weighted by molar-refractivity contribution is 6.09. The third-order valence-electron chi connectivity index (χ3n) is 2.69. The van der Waals surface area contributed by atoms with Gasteiger partial charge in [0.1, 0.15) is 11.4 Å². The van der Waals surface area contributed by atoms with Crippen LogP contribution in [0.2, 0.25) is 0 Å². The molecule has 0 saturated carbocycles. The van der Waals surface area contributed by atoms with Crippen LogP contribution in [0.25, 0.3) is 0 Å². The third kappa shape index (κ3) is 3.36. The molecule has 6 heteroatoms. The zero-order valence-corrected chi connectivity index (χ0v) is 11.4. The van der Waals surface area contributed by atoms with Crippen LogP contribution in [0.3, 0.4) is 0 Å². The van der Waals surface area contributed by atoms with E-state index in [0.29, 0.717) is 18.0 Å². The number of anilines is 1. The Hall–Kier alpha value is -2.89. The summed E-state index contributed by atoms with van der Waals surface area (Å²) >= 11 is 0. The van der Waals surface area contributed by atoms with Crippen molar-refractivity contribution in [3.63, 3.8) is 0 Å². The minimum Gasteiger partial charge on any atom is -0.492 e. The van der Waals surface area contributed by atoms with Crippen LogP contribution >= 0.6 is 0 Å². The highest BCUT2D eigenvalue weighted by atomic mass is 16.5. The maximum atomic E-state index is 12.2. The summed E-state index contributed by atoms with van der Waals surface area (Å²) in [4.78, 5) is 27.1. The van der Waals surface area contributed by atoms with E-state index in [4.69, 9.17) is 9.84 Å². The fraction of sp³-hybridized carbons (Fsp3) is 0.133. The highest BCUT2D eigenvalue weighted by Crippen LogP contribution is 2.24. The number of ether oxygens (including phenoxy) is 1. The van der Waals surface area contributed by atoms with Gasteiger partial charge in [0.2, 0.25) is 0 Å². The Kier molecular flexibility index (Phi) is 4.50. The lowest BCUT2D eigenvalue weighted by molar-refractivity contribution is 0.0691. The maximum absolute atomic E-state index is 12.2. The van der Waals surface area contributed by atoms with Crippen molar-refractivity contribution < 1.29 is 19.4 Å². The van der Waals surface area contributed by atoms with Gasteiger partial charge >= 0.3 is 5.97 Å². The van der Waals surface area contributed by atoms with E-state index in [2.05, 4.69) is 10.3 Å². The average Bonchev–Trinajstić information content (AvgIpc) is 2.49. The highest BCUT2D eigenvalue weighted by Gasteiger charge is 2.18. The number of nitrogens with one attached hydrogen (secondary N) is 1. The monoisotopic (exact) mass is 286 g/mol. The molecule has 0 aliphatic carbocycles. The molecule has 0 saturated heterocycles. The molecule has 0 bridgehead atoms. The van der Waals surface area contributed by atoms with E-state index in [1.807, 2.05) is 6.92 Å². The number of aromatic nitrogens is 1. The van der Waals surface area contributed by atoms with Crippen LogP contribution in [-0.2, 0) is 0 Å². The Morgan fingerprint density at radius 1 is 1.24 bits per heavy atom. The number of benzene rings is 1. The number of amides is 1. The number of aromatic carboxylic acids is 1. The number of hydrogen-bond donors (Lipinski definition) is 2. The quantitative estimate of drug-likeness (QED) is 0.881. The molecule has 0 aliphatic rings. The summed E-state index contributed by atoms with van der Waals surface area (Å²) in [7, 11) is 0. The SMILES string of the molecule is CCOc1ccccc1NC(=O)c1ncccc1C(=O)O. The maximum Gasteiger partial charge on any atom is 0.338 e. The van der Waals surface area contributed by atoms with Gasteiger partial charge in [-0.1, -0.05) is 12.1 Å². The Labute approximate surface area is 121 Å². The molecular weight excluding hydrogens is 272 g/mol. The zero-order chi connectivity index (χ0) is 15.2. The lowest BCUT2D eigenvalue weighted by atomic mass is 10.2. The Bertz CT molecular complexity index is 670. The molecule has 0 unspecified atom stereocenters. The first-order valence-electron chi connectivity index (χ1n) is 6.35. The number of carboxylic acid groups (broad SMARTS) is 1. The first kappa shape index (κ1) is 14.5. The van der Waals surface area contributed by atoms with E-state index in [0.717, 1.165) is 0 Å². The molecule has 2 rings (SSSR count). The van der Waals surface area contributed by atoms with Crippen LogP contribution < -0.4 is 10.1 Å². The van der Waals surface area contributed by atoms with E-state index in [9.17, 15) is 9.59 Å². The number of hydrogen-bond acceptors (Lipinski definition) is 4. The molecule has 1 aromatic carbocycles. The zero-order valence-electron chi connectivity index (χ0n) is 11.4. The lowest BCUT2D eigenvalue weighted by Crippen LogP contribution is -2.18. The van der Waals surface area contributed by atoms with E-state index in [-0.39, 0.29) is 11.3 Å².